The quantitative estimate of drug-likeness (QED) is 0.502. The van der Waals surface area contributed by atoms with Crippen LogP contribution in [0.5, 0.6) is 0 Å². The van der Waals surface area contributed by atoms with Crippen molar-refractivity contribution in [1.29, 1.82) is 0 Å². The number of aliphatic hydroxyl groups is 1. The van der Waals surface area contributed by atoms with Crippen LogP contribution in [0.25, 0.3) is 0 Å². The molecule has 0 bridgehead atoms. The lowest BCUT2D eigenvalue weighted by atomic mass is 10.0. The lowest BCUT2D eigenvalue weighted by molar-refractivity contribution is 0.0342. The molecule has 0 aromatic heterocycles. The van der Waals surface area contributed by atoms with Gasteiger partial charge in [0.25, 0.3) is 0 Å². The second kappa shape index (κ2) is 12.4. The average molecular weight is 299 g/mol. The molecule has 0 spiro atoms. The molecule has 126 valence electrons. The standard InChI is InChI=1S/C18H37NO2/c1-2-3-4-5-6-7-8-9-10-11-12-13-14-17-18(20)16(19)15-21-17/h16-18,20H,2-15,19H2,1H3/t16-,17+,18-/m1/s1. The first-order valence-electron chi connectivity index (χ1n) is 9.31. The third kappa shape index (κ3) is 8.80. The molecule has 0 amide bonds. The molecule has 0 radical (unpaired) electrons. The van der Waals surface area contributed by atoms with E-state index in [2.05, 4.69) is 6.92 Å². The molecule has 0 aromatic carbocycles. The maximum atomic E-state index is 9.78. The zero-order valence-corrected chi connectivity index (χ0v) is 14.1. The molecule has 3 heteroatoms. The molecule has 0 saturated carbocycles. The summed E-state index contributed by atoms with van der Waals surface area (Å²) in [5.74, 6) is 0. The van der Waals surface area contributed by atoms with Crippen molar-refractivity contribution >= 4 is 0 Å². The molecule has 1 rings (SSSR count). The summed E-state index contributed by atoms with van der Waals surface area (Å²) in [5, 5.41) is 9.78. The number of aliphatic hydroxyl groups excluding tert-OH is 1. The molecule has 3 nitrogen and oxygen atoms in total. The van der Waals surface area contributed by atoms with Gasteiger partial charge >= 0.3 is 0 Å². The third-order valence-corrected chi connectivity index (χ3v) is 4.66. The average Bonchev–Trinajstić information content (AvgIpc) is 2.80. The van der Waals surface area contributed by atoms with E-state index in [1.165, 1.54) is 70.6 Å². The second-order valence-corrected chi connectivity index (χ2v) is 6.70. The summed E-state index contributed by atoms with van der Waals surface area (Å²) in [6.45, 7) is 2.79. The van der Waals surface area contributed by atoms with E-state index in [4.69, 9.17) is 10.5 Å². The Bertz CT molecular complexity index is 235. The van der Waals surface area contributed by atoms with Crippen LogP contribution in [-0.4, -0.2) is 30.0 Å². The number of nitrogens with two attached hydrogens (primary N) is 1. The van der Waals surface area contributed by atoms with Crippen molar-refractivity contribution in [3.05, 3.63) is 0 Å². The molecule has 1 fully saturated rings. The lowest BCUT2D eigenvalue weighted by Gasteiger charge is -2.14. The molecule has 21 heavy (non-hydrogen) atoms. The van der Waals surface area contributed by atoms with Gasteiger partial charge in [-0.1, -0.05) is 84.0 Å². The van der Waals surface area contributed by atoms with Crippen molar-refractivity contribution in [2.24, 2.45) is 5.73 Å². The molecule has 1 aliphatic rings. The van der Waals surface area contributed by atoms with Crippen LogP contribution >= 0.6 is 0 Å². The van der Waals surface area contributed by atoms with E-state index in [9.17, 15) is 5.11 Å². The molecule has 3 N–H and O–H groups in total. The van der Waals surface area contributed by atoms with Crippen molar-refractivity contribution in [1.82, 2.24) is 0 Å². The number of ether oxygens (including phenoxy) is 1. The molecule has 3 atom stereocenters. The summed E-state index contributed by atoms with van der Waals surface area (Å²) < 4.78 is 5.50. The Hall–Kier alpha value is -0.120. The summed E-state index contributed by atoms with van der Waals surface area (Å²) in [5.41, 5.74) is 5.73. The first-order chi connectivity index (χ1) is 10.3. The van der Waals surface area contributed by atoms with Gasteiger partial charge in [0.05, 0.1) is 24.9 Å². The van der Waals surface area contributed by atoms with Crippen molar-refractivity contribution in [3.8, 4) is 0 Å². The Kier molecular flexibility index (Phi) is 11.2. The van der Waals surface area contributed by atoms with Gasteiger partial charge in [0.15, 0.2) is 0 Å². The van der Waals surface area contributed by atoms with Crippen LogP contribution in [0.15, 0.2) is 0 Å². The van der Waals surface area contributed by atoms with Crippen molar-refractivity contribution in [2.45, 2.75) is 109 Å². The van der Waals surface area contributed by atoms with Gasteiger partial charge in [-0.25, -0.2) is 0 Å². The Morgan fingerprint density at radius 3 is 1.76 bits per heavy atom. The zero-order valence-electron chi connectivity index (χ0n) is 14.1. The maximum Gasteiger partial charge on any atom is 0.0974 e. The van der Waals surface area contributed by atoms with Crippen LogP contribution < -0.4 is 5.73 Å². The second-order valence-electron chi connectivity index (χ2n) is 6.70. The molecule has 0 unspecified atom stereocenters. The fourth-order valence-electron chi connectivity index (χ4n) is 3.15. The SMILES string of the molecule is CCCCCCCCCCCCCC[C@@H]1OC[C@@H](N)[C@H]1O. The predicted molar refractivity (Wildman–Crippen MR) is 89.4 cm³/mol. The Labute approximate surface area is 131 Å². The number of hydrogen-bond acceptors (Lipinski definition) is 3. The molecule has 1 aliphatic heterocycles. The highest BCUT2D eigenvalue weighted by molar-refractivity contribution is 4.85. The van der Waals surface area contributed by atoms with Gasteiger partial charge in [-0.15, -0.1) is 0 Å². The largest absolute Gasteiger partial charge is 0.389 e. The predicted octanol–water partition coefficient (Wildman–Crippen LogP) is 4.16. The summed E-state index contributed by atoms with van der Waals surface area (Å²) in [4.78, 5) is 0. The van der Waals surface area contributed by atoms with Crippen molar-refractivity contribution in [3.63, 3.8) is 0 Å². The zero-order chi connectivity index (χ0) is 15.3. The molecule has 1 heterocycles. The highest BCUT2D eigenvalue weighted by atomic mass is 16.5. The molecular weight excluding hydrogens is 262 g/mol. The number of unbranched alkanes of at least 4 members (excludes halogenated alkanes) is 11. The highest BCUT2D eigenvalue weighted by Crippen LogP contribution is 2.19. The Morgan fingerprint density at radius 2 is 1.33 bits per heavy atom. The van der Waals surface area contributed by atoms with E-state index in [1.807, 2.05) is 0 Å². The Balaban J connectivity index is 1.77. The maximum absolute atomic E-state index is 9.78. The fourth-order valence-corrected chi connectivity index (χ4v) is 3.15. The van der Waals surface area contributed by atoms with Gasteiger partial charge in [-0.3, -0.25) is 0 Å². The minimum atomic E-state index is -0.447. The number of rotatable bonds is 13. The van der Waals surface area contributed by atoms with Crippen molar-refractivity contribution in [2.75, 3.05) is 6.61 Å². The monoisotopic (exact) mass is 299 g/mol. The van der Waals surface area contributed by atoms with Gasteiger partial charge in [-0.2, -0.15) is 0 Å². The van der Waals surface area contributed by atoms with Gasteiger partial charge in [-0.05, 0) is 6.42 Å². The number of hydrogen-bond donors (Lipinski definition) is 2. The Morgan fingerprint density at radius 1 is 0.857 bits per heavy atom. The van der Waals surface area contributed by atoms with Crippen LogP contribution in [0.2, 0.25) is 0 Å². The van der Waals surface area contributed by atoms with Crippen LogP contribution in [-0.2, 0) is 4.74 Å². The molecular formula is C18H37NO2. The minimum Gasteiger partial charge on any atom is -0.389 e. The van der Waals surface area contributed by atoms with E-state index in [1.54, 1.807) is 0 Å². The van der Waals surface area contributed by atoms with E-state index >= 15 is 0 Å². The van der Waals surface area contributed by atoms with Crippen LogP contribution in [0.1, 0.15) is 90.4 Å². The topological polar surface area (TPSA) is 55.5 Å². The molecule has 0 aromatic rings. The van der Waals surface area contributed by atoms with Gasteiger partial charge < -0.3 is 15.6 Å². The highest BCUT2D eigenvalue weighted by Gasteiger charge is 2.32. The van der Waals surface area contributed by atoms with Crippen LogP contribution in [0.4, 0.5) is 0 Å². The summed E-state index contributed by atoms with van der Waals surface area (Å²) in [6, 6.07) is -0.174. The van der Waals surface area contributed by atoms with Crippen molar-refractivity contribution < 1.29 is 9.84 Å². The lowest BCUT2D eigenvalue weighted by Crippen LogP contribution is -2.36. The summed E-state index contributed by atoms with van der Waals surface area (Å²) in [6.07, 6.45) is 16.9. The fraction of sp³-hybridized carbons (Fsp3) is 1.00. The molecule has 0 aliphatic carbocycles. The first-order valence-corrected chi connectivity index (χ1v) is 9.31. The summed E-state index contributed by atoms with van der Waals surface area (Å²) >= 11 is 0. The van der Waals surface area contributed by atoms with Gasteiger partial charge in [0, 0.05) is 0 Å². The molecule has 1 saturated heterocycles. The van der Waals surface area contributed by atoms with Gasteiger partial charge in [0.2, 0.25) is 0 Å². The first kappa shape index (κ1) is 18.9. The summed E-state index contributed by atoms with van der Waals surface area (Å²) in [7, 11) is 0. The van der Waals surface area contributed by atoms with Gasteiger partial charge in [0.1, 0.15) is 0 Å². The van der Waals surface area contributed by atoms with E-state index in [-0.39, 0.29) is 12.1 Å². The normalized spacial score (nSPS) is 25.6. The van der Waals surface area contributed by atoms with E-state index < -0.39 is 6.10 Å². The third-order valence-electron chi connectivity index (χ3n) is 4.66. The van der Waals surface area contributed by atoms with Crippen LogP contribution in [0, 0.1) is 0 Å². The van der Waals surface area contributed by atoms with E-state index in [0.29, 0.717) is 6.61 Å². The minimum absolute atomic E-state index is 0.0110. The smallest absolute Gasteiger partial charge is 0.0974 e. The van der Waals surface area contributed by atoms with Crippen LogP contribution in [0.3, 0.4) is 0 Å². The van der Waals surface area contributed by atoms with E-state index in [0.717, 1.165) is 12.8 Å².